The van der Waals surface area contributed by atoms with Crippen molar-refractivity contribution in [3.63, 3.8) is 0 Å². The van der Waals surface area contributed by atoms with Gasteiger partial charge < -0.3 is 0 Å². The lowest BCUT2D eigenvalue weighted by Crippen LogP contribution is -2.59. The van der Waals surface area contributed by atoms with Crippen molar-refractivity contribution in [1.29, 1.82) is 0 Å². The van der Waals surface area contributed by atoms with Gasteiger partial charge in [0.15, 0.2) is 5.78 Å². The minimum Gasteiger partial charge on any atom is -0.292 e. The smallest absolute Gasteiger partial charge is 0.183 e. The number of aryl methyl sites for hydroxylation is 1. The molecule has 1 aliphatic carbocycles. The summed E-state index contributed by atoms with van der Waals surface area (Å²) in [6.07, 6.45) is 6.45. The molecule has 1 saturated heterocycles. The molecule has 2 nitrogen and oxygen atoms in total. The van der Waals surface area contributed by atoms with E-state index in [4.69, 9.17) is 0 Å². The van der Waals surface area contributed by atoms with Crippen LogP contribution in [0.25, 0.3) is 0 Å². The average Bonchev–Trinajstić information content (AvgIpc) is 2.65. The third-order valence-corrected chi connectivity index (χ3v) is 5.88. The first-order chi connectivity index (χ1) is 11.8. The molecule has 0 amide bonds. The number of nitrogens with zero attached hydrogens (tertiary/aromatic N) is 1. The van der Waals surface area contributed by atoms with Gasteiger partial charge in [-0.15, -0.1) is 12.4 Å². The van der Waals surface area contributed by atoms with E-state index in [0.717, 1.165) is 44.3 Å². The zero-order valence-corrected chi connectivity index (χ0v) is 15.4. The molecule has 132 valence electrons. The molecule has 1 heterocycles. The molecule has 0 aromatic heterocycles. The fourth-order valence-electron chi connectivity index (χ4n) is 4.53. The Labute approximate surface area is 156 Å². The fraction of sp³-hybridized carbons (Fsp3) is 0.409. The predicted octanol–water partition coefficient (Wildman–Crippen LogP) is 4.70. The van der Waals surface area contributed by atoms with Crippen molar-refractivity contribution in [3.8, 4) is 0 Å². The topological polar surface area (TPSA) is 20.3 Å². The Kier molecular flexibility index (Phi) is 5.61. The number of piperidine rings is 1. The lowest BCUT2D eigenvalue weighted by molar-refractivity contribution is 0.0298. The van der Waals surface area contributed by atoms with E-state index in [0.29, 0.717) is 5.78 Å². The molecule has 0 N–H and O–H groups in total. The number of rotatable bonds is 3. The normalized spacial score (nSPS) is 23.1. The molecule has 4 rings (SSSR count). The summed E-state index contributed by atoms with van der Waals surface area (Å²) in [6.45, 7) is 2.04. The van der Waals surface area contributed by atoms with Crippen molar-refractivity contribution in [1.82, 2.24) is 4.90 Å². The molecule has 1 aliphatic heterocycles. The summed E-state index contributed by atoms with van der Waals surface area (Å²) in [6, 6.07) is 18.9. The van der Waals surface area contributed by atoms with E-state index in [9.17, 15) is 4.79 Å². The van der Waals surface area contributed by atoms with Gasteiger partial charge in [0.1, 0.15) is 0 Å². The number of benzene rings is 2. The zero-order chi connectivity index (χ0) is 16.4. The quantitative estimate of drug-likeness (QED) is 0.795. The summed E-state index contributed by atoms with van der Waals surface area (Å²) in [5.41, 5.74) is 3.32. The van der Waals surface area contributed by atoms with Gasteiger partial charge >= 0.3 is 0 Å². The first-order valence-corrected chi connectivity index (χ1v) is 9.21. The van der Waals surface area contributed by atoms with E-state index in [1.54, 1.807) is 0 Å². The van der Waals surface area contributed by atoms with Gasteiger partial charge in [0.05, 0.1) is 5.54 Å². The summed E-state index contributed by atoms with van der Waals surface area (Å²) in [5, 5.41) is 0. The summed E-state index contributed by atoms with van der Waals surface area (Å²) in [5.74, 6) is 0.372. The Balaban J connectivity index is 0.00000182. The molecule has 1 spiro atoms. The molecule has 2 aromatic carbocycles. The van der Waals surface area contributed by atoms with Crippen LogP contribution in [0.1, 0.15) is 47.2 Å². The Hall–Kier alpha value is -1.64. The maximum Gasteiger partial charge on any atom is 0.183 e. The van der Waals surface area contributed by atoms with Gasteiger partial charge in [0, 0.05) is 12.1 Å². The summed E-state index contributed by atoms with van der Waals surface area (Å²) in [7, 11) is 0. The second-order valence-electron chi connectivity index (χ2n) is 7.20. The molecule has 0 saturated carbocycles. The minimum atomic E-state index is -0.249. The van der Waals surface area contributed by atoms with Crippen LogP contribution in [-0.4, -0.2) is 29.3 Å². The van der Waals surface area contributed by atoms with Crippen molar-refractivity contribution >= 4 is 18.2 Å². The Bertz CT molecular complexity index is 730. The highest BCUT2D eigenvalue weighted by Gasteiger charge is 2.47. The van der Waals surface area contributed by atoms with Crippen LogP contribution in [0.15, 0.2) is 54.6 Å². The number of halogens is 1. The van der Waals surface area contributed by atoms with E-state index in [-0.39, 0.29) is 17.9 Å². The molecule has 2 aromatic rings. The van der Waals surface area contributed by atoms with Crippen LogP contribution in [-0.2, 0) is 12.8 Å². The van der Waals surface area contributed by atoms with E-state index in [1.165, 1.54) is 24.0 Å². The molecule has 1 atom stereocenters. The molecule has 0 radical (unpaired) electrons. The maximum atomic E-state index is 13.4. The number of hydrogen-bond acceptors (Lipinski definition) is 2. The lowest BCUT2D eigenvalue weighted by Gasteiger charge is -2.48. The monoisotopic (exact) mass is 355 g/mol. The third kappa shape index (κ3) is 3.38. The molecular formula is C22H26ClNO. The van der Waals surface area contributed by atoms with Gasteiger partial charge in [0.2, 0.25) is 0 Å². The van der Waals surface area contributed by atoms with Gasteiger partial charge in [-0.1, -0.05) is 54.6 Å². The second-order valence-corrected chi connectivity index (χ2v) is 7.20. The number of ketones is 1. The van der Waals surface area contributed by atoms with Gasteiger partial charge in [-0.3, -0.25) is 9.69 Å². The number of carbonyl (C=O) groups is 1. The lowest BCUT2D eigenvalue weighted by atomic mass is 9.71. The summed E-state index contributed by atoms with van der Waals surface area (Å²) in [4.78, 5) is 15.9. The van der Waals surface area contributed by atoms with Gasteiger partial charge in [-0.05, 0) is 56.2 Å². The Morgan fingerprint density at radius 1 is 0.920 bits per heavy atom. The first kappa shape index (κ1) is 18.2. The number of hydrogen-bond donors (Lipinski definition) is 0. The SMILES string of the molecule is Cl.O=C1c2ccccc2CCC12CCCCN2CCc1ccccc1. The molecular weight excluding hydrogens is 330 g/mol. The highest BCUT2D eigenvalue weighted by Crippen LogP contribution is 2.39. The number of fused-ring (bicyclic) bond motifs is 1. The minimum absolute atomic E-state index is 0. The van der Waals surface area contributed by atoms with Crippen LogP contribution in [0.3, 0.4) is 0 Å². The molecule has 1 unspecified atom stereocenters. The van der Waals surface area contributed by atoms with Crippen molar-refractivity contribution in [3.05, 3.63) is 71.3 Å². The van der Waals surface area contributed by atoms with Crippen LogP contribution in [0.5, 0.6) is 0 Å². The maximum absolute atomic E-state index is 13.4. The van der Waals surface area contributed by atoms with Crippen molar-refractivity contribution in [2.45, 2.75) is 44.1 Å². The summed E-state index contributed by atoms with van der Waals surface area (Å²) >= 11 is 0. The number of Topliss-reactive ketones (excluding diaryl/α,β-unsaturated/α-hetero) is 1. The Morgan fingerprint density at radius 2 is 1.68 bits per heavy atom. The number of likely N-dealkylation sites (tertiary alicyclic amines) is 1. The first-order valence-electron chi connectivity index (χ1n) is 9.21. The van der Waals surface area contributed by atoms with Crippen LogP contribution < -0.4 is 0 Å². The average molecular weight is 356 g/mol. The zero-order valence-electron chi connectivity index (χ0n) is 14.6. The van der Waals surface area contributed by atoms with Crippen LogP contribution >= 0.6 is 12.4 Å². The Morgan fingerprint density at radius 3 is 2.52 bits per heavy atom. The molecule has 0 bridgehead atoms. The standard InChI is InChI=1S/C22H25NO.ClH/c24-21-20-11-5-4-10-19(20)12-15-22(21)14-6-7-16-23(22)17-13-18-8-2-1-3-9-18;/h1-5,8-11H,6-7,12-17H2;1H. The molecule has 3 heteroatoms. The van der Waals surface area contributed by atoms with Crippen molar-refractivity contribution < 1.29 is 4.79 Å². The van der Waals surface area contributed by atoms with E-state index >= 15 is 0 Å². The van der Waals surface area contributed by atoms with Gasteiger partial charge in [0.25, 0.3) is 0 Å². The van der Waals surface area contributed by atoms with Crippen LogP contribution in [0.2, 0.25) is 0 Å². The van der Waals surface area contributed by atoms with E-state index < -0.39 is 0 Å². The van der Waals surface area contributed by atoms with Gasteiger partial charge in [-0.25, -0.2) is 0 Å². The third-order valence-electron chi connectivity index (χ3n) is 5.88. The highest BCUT2D eigenvalue weighted by atomic mass is 35.5. The van der Waals surface area contributed by atoms with Gasteiger partial charge in [-0.2, -0.15) is 0 Å². The highest BCUT2D eigenvalue weighted by molar-refractivity contribution is 6.05. The van der Waals surface area contributed by atoms with E-state index in [1.807, 2.05) is 12.1 Å². The molecule has 2 aliphatic rings. The van der Waals surface area contributed by atoms with Crippen molar-refractivity contribution in [2.75, 3.05) is 13.1 Å². The van der Waals surface area contributed by atoms with Crippen molar-refractivity contribution in [2.24, 2.45) is 0 Å². The fourth-order valence-corrected chi connectivity index (χ4v) is 4.53. The van der Waals surface area contributed by atoms with E-state index in [2.05, 4.69) is 47.4 Å². The molecule has 1 fully saturated rings. The number of carbonyl (C=O) groups excluding carboxylic acids is 1. The second kappa shape index (κ2) is 7.72. The molecule has 25 heavy (non-hydrogen) atoms. The predicted molar refractivity (Wildman–Crippen MR) is 105 cm³/mol. The van der Waals surface area contributed by atoms with Crippen LogP contribution in [0, 0.1) is 0 Å². The largest absolute Gasteiger partial charge is 0.292 e. The summed E-state index contributed by atoms with van der Waals surface area (Å²) < 4.78 is 0. The van der Waals surface area contributed by atoms with Crippen LogP contribution in [0.4, 0.5) is 0 Å².